The molecule has 0 atom stereocenters. The maximum Gasteiger partial charge on any atom is 0.307 e. The number of aliphatic carboxylic acids is 1. The number of imidazole rings is 1. The van der Waals surface area contributed by atoms with Gasteiger partial charge in [-0.1, -0.05) is 35.9 Å². The van der Waals surface area contributed by atoms with Crippen LogP contribution in [0.3, 0.4) is 0 Å². The summed E-state index contributed by atoms with van der Waals surface area (Å²) in [5.74, 6) is 0.0114. The van der Waals surface area contributed by atoms with Crippen LogP contribution >= 0.6 is 11.6 Å². The fourth-order valence-corrected chi connectivity index (χ4v) is 5.74. The molecule has 3 aromatic carbocycles. The van der Waals surface area contributed by atoms with Crippen LogP contribution in [0.5, 0.6) is 0 Å². The number of anilines is 2. The molecule has 0 radical (unpaired) electrons. The lowest BCUT2D eigenvalue weighted by Gasteiger charge is -2.33. The highest BCUT2D eigenvalue weighted by atomic mass is 35.5. The van der Waals surface area contributed by atoms with Crippen molar-refractivity contribution in [3.05, 3.63) is 76.4 Å². The Bertz CT molecular complexity index is 1650. The number of fused-ring (bicyclic) bond motifs is 1. The number of para-hydroxylation sites is 2. The third kappa shape index (κ3) is 3.24. The Labute approximate surface area is 208 Å². The Morgan fingerprint density at radius 1 is 1.09 bits per heavy atom. The zero-order valence-electron chi connectivity index (χ0n) is 19.8. The summed E-state index contributed by atoms with van der Waals surface area (Å²) < 4.78 is 4.47. The van der Waals surface area contributed by atoms with E-state index in [0.29, 0.717) is 5.02 Å². The first-order valence-electron chi connectivity index (χ1n) is 11.7. The van der Waals surface area contributed by atoms with E-state index in [1.54, 1.807) is 0 Å². The molecule has 2 aromatic heterocycles. The van der Waals surface area contributed by atoms with Crippen molar-refractivity contribution in [2.24, 2.45) is 7.05 Å². The first-order chi connectivity index (χ1) is 16.8. The zero-order valence-corrected chi connectivity index (χ0v) is 20.6. The Kier molecular flexibility index (Phi) is 4.90. The van der Waals surface area contributed by atoms with Crippen LogP contribution < -0.4 is 4.90 Å². The lowest BCUT2D eigenvalue weighted by molar-refractivity contribution is -0.136. The number of aryl methyl sites for hydroxylation is 2. The highest BCUT2D eigenvalue weighted by Gasteiger charge is 2.31. The van der Waals surface area contributed by atoms with Gasteiger partial charge < -0.3 is 19.1 Å². The van der Waals surface area contributed by atoms with E-state index in [2.05, 4.69) is 33.1 Å². The second-order valence-corrected chi connectivity index (χ2v) is 9.65. The molecule has 0 aliphatic carbocycles. The average Bonchev–Trinajstić information content (AvgIpc) is 3.35. The van der Waals surface area contributed by atoms with Gasteiger partial charge in [-0.3, -0.25) is 4.79 Å². The van der Waals surface area contributed by atoms with Gasteiger partial charge in [0.2, 0.25) is 5.95 Å². The zero-order chi connectivity index (χ0) is 24.4. The molecule has 1 aliphatic heterocycles. The molecule has 0 saturated carbocycles. The molecule has 0 saturated heterocycles. The van der Waals surface area contributed by atoms with Crippen LogP contribution in [0, 0.1) is 13.8 Å². The van der Waals surface area contributed by atoms with E-state index in [0.717, 1.165) is 74.6 Å². The number of carboxylic acid groups (broad SMARTS) is 1. The van der Waals surface area contributed by atoms with Crippen molar-refractivity contribution in [1.29, 1.82) is 0 Å². The minimum Gasteiger partial charge on any atom is -0.481 e. The van der Waals surface area contributed by atoms with Gasteiger partial charge in [-0.15, -0.1) is 0 Å². The summed E-state index contributed by atoms with van der Waals surface area (Å²) in [5.41, 5.74) is 9.06. The van der Waals surface area contributed by atoms with Crippen LogP contribution in [0.15, 0.2) is 54.6 Å². The van der Waals surface area contributed by atoms with Gasteiger partial charge in [0.25, 0.3) is 0 Å². The van der Waals surface area contributed by atoms with Crippen LogP contribution in [0.1, 0.15) is 16.8 Å². The van der Waals surface area contributed by atoms with Crippen LogP contribution in [-0.4, -0.2) is 31.7 Å². The van der Waals surface area contributed by atoms with Gasteiger partial charge in [0, 0.05) is 36.2 Å². The highest BCUT2D eigenvalue weighted by Crippen LogP contribution is 2.47. The van der Waals surface area contributed by atoms with E-state index in [9.17, 15) is 9.90 Å². The predicted molar refractivity (Wildman–Crippen MR) is 141 cm³/mol. The van der Waals surface area contributed by atoms with Crippen LogP contribution in [0.4, 0.5) is 11.6 Å². The van der Waals surface area contributed by atoms with Crippen LogP contribution in [0.25, 0.3) is 33.1 Å². The van der Waals surface area contributed by atoms with Crippen LogP contribution in [-0.2, 0) is 24.8 Å². The van der Waals surface area contributed by atoms with E-state index in [4.69, 9.17) is 16.6 Å². The number of carboxylic acids is 1. The second kappa shape index (κ2) is 7.89. The van der Waals surface area contributed by atoms with Crippen LogP contribution in [0.2, 0.25) is 5.02 Å². The Hall–Kier alpha value is -3.77. The summed E-state index contributed by atoms with van der Waals surface area (Å²) in [5, 5.41) is 11.6. The number of nitrogens with zero attached hydrogens (tertiary/aromatic N) is 4. The molecule has 0 unspecified atom stereocenters. The van der Waals surface area contributed by atoms with Gasteiger partial charge in [-0.05, 0) is 66.4 Å². The predicted octanol–water partition coefficient (Wildman–Crippen LogP) is 6.24. The molecule has 7 heteroatoms. The number of carbonyl (C=O) groups is 1. The summed E-state index contributed by atoms with van der Waals surface area (Å²) in [6, 6.07) is 18.0. The molecular formula is C28H25ClN4O2. The molecule has 3 heterocycles. The van der Waals surface area contributed by atoms with Crippen molar-refractivity contribution >= 4 is 51.1 Å². The number of hydrogen-bond acceptors (Lipinski definition) is 3. The molecule has 176 valence electrons. The van der Waals surface area contributed by atoms with Gasteiger partial charge in [-0.2, -0.15) is 0 Å². The summed E-state index contributed by atoms with van der Waals surface area (Å²) in [4.78, 5) is 19.3. The quantitative estimate of drug-likeness (QED) is 0.328. The van der Waals surface area contributed by atoms with E-state index >= 15 is 0 Å². The molecule has 35 heavy (non-hydrogen) atoms. The smallest absolute Gasteiger partial charge is 0.307 e. The SMILES string of the molecule is Cc1c(CC(=O)O)c(-c2ccc(Cl)cc2)c2cc(C)n3c2c1N(c1nc2ccccc2n1C)CC3. The first-order valence-corrected chi connectivity index (χ1v) is 12.0. The van der Waals surface area contributed by atoms with E-state index in [1.165, 1.54) is 0 Å². The molecule has 5 aromatic rings. The molecular weight excluding hydrogens is 460 g/mol. The molecule has 0 bridgehead atoms. The molecule has 1 aliphatic rings. The maximum atomic E-state index is 12.0. The van der Waals surface area contributed by atoms with Crippen molar-refractivity contribution in [2.45, 2.75) is 26.8 Å². The molecule has 0 spiro atoms. The monoisotopic (exact) mass is 484 g/mol. The number of aromatic nitrogens is 3. The largest absolute Gasteiger partial charge is 0.481 e. The highest BCUT2D eigenvalue weighted by molar-refractivity contribution is 6.30. The number of halogens is 1. The average molecular weight is 485 g/mol. The van der Waals surface area contributed by atoms with Crippen molar-refractivity contribution < 1.29 is 9.90 Å². The number of rotatable bonds is 4. The lowest BCUT2D eigenvalue weighted by atomic mass is 9.88. The minimum absolute atomic E-state index is 0.0622. The summed E-state index contributed by atoms with van der Waals surface area (Å²) in [7, 11) is 2.04. The van der Waals surface area contributed by atoms with E-state index in [1.807, 2.05) is 56.4 Å². The van der Waals surface area contributed by atoms with E-state index < -0.39 is 5.97 Å². The van der Waals surface area contributed by atoms with Crippen molar-refractivity contribution in [1.82, 2.24) is 14.1 Å². The third-order valence-electron chi connectivity index (χ3n) is 7.19. The van der Waals surface area contributed by atoms with Crippen molar-refractivity contribution in [3.8, 4) is 11.1 Å². The fourth-order valence-electron chi connectivity index (χ4n) is 5.62. The van der Waals surface area contributed by atoms with E-state index in [-0.39, 0.29) is 6.42 Å². The van der Waals surface area contributed by atoms with Crippen molar-refractivity contribution in [2.75, 3.05) is 11.4 Å². The normalized spacial score (nSPS) is 13.2. The molecule has 6 rings (SSSR count). The maximum absolute atomic E-state index is 12.0. The summed E-state index contributed by atoms with van der Waals surface area (Å²) in [6.07, 6.45) is -0.0622. The fraction of sp³-hybridized carbons (Fsp3) is 0.214. The number of hydrogen-bond donors (Lipinski definition) is 1. The molecule has 1 N–H and O–H groups in total. The first kappa shape index (κ1) is 21.7. The van der Waals surface area contributed by atoms with Gasteiger partial charge >= 0.3 is 5.97 Å². The molecule has 0 fully saturated rings. The lowest BCUT2D eigenvalue weighted by Crippen LogP contribution is -2.31. The Morgan fingerprint density at radius 2 is 1.83 bits per heavy atom. The molecule has 0 amide bonds. The second-order valence-electron chi connectivity index (χ2n) is 9.22. The minimum atomic E-state index is -0.851. The van der Waals surface area contributed by atoms with Gasteiger partial charge in [0.15, 0.2) is 0 Å². The Morgan fingerprint density at radius 3 is 2.54 bits per heavy atom. The summed E-state index contributed by atoms with van der Waals surface area (Å²) >= 11 is 6.18. The number of benzene rings is 3. The standard InChI is InChI=1S/C28H25ClN4O2/c1-16-14-21-25(18-8-10-19(29)11-9-18)20(15-24(34)35)17(2)26-27(21)32(16)12-13-33(26)28-30-22-6-4-5-7-23(22)31(28)3/h4-11,14H,12-13,15H2,1-3H3,(H,34,35). The topological polar surface area (TPSA) is 63.3 Å². The van der Waals surface area contributed by atoms with Crippen molar-refractivity contribution in [3.63, 3.8) is 0 Å². The summed E-state index contributed by atoms with van der Waals surface area (Å²) in [6.45, 7) is 5.73. The molecule has 6 nitrogen and oxygen atoms in total. The Balaban J connectivity index is 1.70. The van der Waals surface area contributed by atoms with Gasteiger partial charge in [0.1, 0.15) is 0 Å². The van der Waals surface area contributed by atoms with Gasteiger partial charge in [0.05, 0.1) is 28.7 Å². The van der Waals surface area contributed by atoms with Gasteiger partial charge in [-0.25, -0.2) is 4.98 Å². The third-order valence-corrected chi connectivity index (χ3v) is 7.44.